The first-order valence-corrected chi connectivity index (χ1v) is 13.1. The van der Waals surface area contributed by atoms with E-state index in [1.807, 2.05) is 51.1 Å². The van der Waals surface area contributed by atoms with Crippen molar-refractivity contribution >= 4 is 52.6 Å². The highest BCUT2D eigenvalue weighted by atomic mass is 35.5. The summed E-state index contributed by atoms with van der Waals surface area (Å²) in [5.74, 6) is 1.12. The van der Waals surface area contributed by atoms with Gasteiger partial charge in [-0.05, 0) is 56.2 Å². The van der Waals surface area contributed by atoms with Crippen LogP contribution in [0.2, 0.25) is 5.02 Å². The van der Waals surface area contributed by atoms with Crippen molar-refractivity contribution < 1.29 is 0 Å². The molecule has 192 valence electrons. The summed E-state index contributed by atoms with van der Waals surface area (Å²) < 4.78 is 0. The number of nitrogens with one attached hydrogen (secondary N) is 2. The van der Waals surface area contributed by atoms with Gasteiger partial charge in [-0.1, -0.05) is 66.2 Å². The van der Waals surface area contributed by atoms with E-state index in [0.29, 0.717) is 22.0 Å². The number of aromatic nitrogens is 2. The molecule has 1 aromatic heterocycles. The highest BCUT2D eigenvalue weighted by molar-refractivity contribution is 7.80. The van der Waals surface area contributed by atoms with Crippen molar-refractivity contribution in [1.29, 1.82) is 0 Å². The molecule has 1 aliphatic heterocycles. The number of rotatable bonds is 5. The van der Waals surface area contributed by atoms with Crippen LogP contribution in [0, 0.1) is 20.8 Å². The predicted octanol–water partition coefficient (Wildman–Crippen LogP) is 5.55. The van der Waals surface area contributed by atoms with Crippen LogP contribution in [-0.2, 0) is 0 Å². The van der Waals surface area contributed by atoms with Crippen molar-refractivity contribution in [3.05, 3.63) is 88.2 Å². The van der Waals surface area contributed by atoms with Gasteiger partial charge in [-0.15, -0.1) is 0 Å². The van der Waals surface area contributed by atoms with Gasteiger partial charge < -0.3 is 10.2 Å². The van der Waals surface area contributed by atoms with Gasteiger partial charge >= 0.3 is 0 Å². The van der Waals surface area contributed by atoms with Gasteiger partial charge in [0.15, 0.2) is 0 Å². The van der Waals surface area contributed by atoms with Crippen LogP contribution in [-0.4, -0.2) is 63.6 Å². The second kappa shape index (κ2) is 12.8. The third kappa shape index (κ3) is 7.82. The monoisotopic (exact) mass is 533 g/mol. The smallest absolute Gasteiger partial charge is 0.229 e. The van der Waals surface area contributed by atoms with E-state index < -0.39 is 0 Å². The molecule has 3 aromatic rings. The number of aryl methyl sites for hydroxylation is 3. The van der Waals surface area contributed by atoms with Crippen molar-refractivity contribution in [2.24, 2.45) is 4.99 Å². The summed E-state index contributed by atoms with van der Waals surface area (Å²) in [7, 11) is 0. The molecular weight excluding hydrogens is 502 g/mol. The van der Waals surface area contributed by atoms with Crippen molar-refractivity contribution in [1.82, 2.24) is 19.8 Å². The minimum Gasteiger partial charge on any atom is -0.340 e. The lowest BCUT2D eigenvalue weighted by molar-refractivity contribution is 0.198. The summed E-state index contributed by atoms with van der Waals surface area (Å²) in [6, 6.07) is 18.1. The number of guanidine groups is 1. The van der Waals surface area contributed by atoms with Gasteiger partial charge in [0.25, 0.3) is 0 Å². The van der Waals surface area contributed by atoms with Gasteiger partial charge in [0.1, 0.15) is 0 Å². The van der Waals surface area contributed by atoms with Crippen molar-refractivity contribution in [2.75, 3.05) is 43.4 Å². The summed E-state index contributed by atoms with van der Waals surface area (Å²) in [6.45, 7) is 10.1. The maximum atomic E-state index is 6.46. The zero-order valence-electron chi connectivity index (χ0n) is 21.4. The Morgan fingerprint density at radius 3 is 2.38 bits per heavy atom. The largest absolute Gasteiger partial charge is 0.340 e. The van der Waals surface area contributed by atoms with Gasteiger partial charge in [0, 0.05) is 44.1 Å². The lowest BCUT2D eigenvalue weighted by atomic mass is 10.2. The second-order valence-electron chi connectivity index (χ2n) is 9.00. The molecule has 0 atom stereocenters. The fourth-order valence-electron chi connectivity index (χ4n) is 4.09. The fourth-order valence-corrected chi connectivity index (χ4v) is 4.46. The Labute approximate surface area is 229 Å². The van der Waals surface area contributed by atoms with E-state index >= 15 is 0 Å². The van der Waals surface area contributed by atoms with Gasteiger partial charge in [0.2, 0.25) is 17.0 Å². The molecule has 9 heteroatoms. The van der Waals surface area contributed by atoms with Gasteiger partial charge in [-0.25, -0.2) is 9.97 Å². The SMILES string of the molecule is Cc1cc(C)nc(N/C(=N\C(=S)Nc2cccc(C)c2Cl)N2CCN(C/C=C/c3ccccc3)CC2)n1. The van der Waals surface area contributed by atoms with Crippen LogP contribution in [0.1, 0.15) is 22.5 Å². The summed E-state index contributed by atoms with van der Waals surface area (Å²) in [5.41, 5.74) is 4.68. The molecule has 2 heterocycles. The van der Waals surface area contributed by atoms with Crippen LogP contribution >= 0.6 is 23.8 Å². The van der Waals surface area contributed by atoms with Gasteiger partial charge in [-0.3, -0.25) is 10.2 Å². The first kappa shape index (κ1) is 26.7. The lowest BCUT2D eigenvalue weighted by Gasteiger charge is -2.35. The minimum absolute atomic E-state index is 0.313. The molecule has 1 fully saturated rings. The first-order valence-electron chi connectivity index (χ1n) is 12.3. The number of piperazine rings is 1. The molecule has 0 bridgehead atoms. The third-order valence-corrected chi connectivity index (χ3v) is 6.69. The number of aliphatic imine (C=N–C) groups is 1. The number of anilines is 2. The molecule has 37 heavy (non-hydrogen) atoms. The van der Waals surface area contributed by atoms with Crippen molar-refractivity contribution in [3.8, 4) is 0 Å². The molecule has 7 nitrogen and oxygen atoms in total. The Kier molecular flexibility index (Phi) is 9.22. The number of nitrogens with zero attached hydrogens (tertiary/aromatic N) is 5. The molecule has 2 N–H and O–H groups in total. The summed E-state index contributed by atoms with van der Waals surface area (Å²) in [5, 5.41) is 7.42. The molecule has 0 unspecified atom stereocenters. The standard InChI is InChI=1S/C28H32ClN7S/c1-20-9-7-13-24(25(20)29)32-28(37)34-27(33-26-30-21(2)19-22(3)31-26)36-17-15-35(16-18-36)14-8-12-23-10-5-4-6-11-23/h4-13,19H,14-18H2,1-3H3,(H2,30,31,32,33,34,37)/b12-8+. The quantitative estimate of drug-likeness (QED) is 0.253. The topological polar surface area (TPSA) is 68.7 Å². The number of benzene rings is 2. The average Bonchev–Trinajstić information content (AvgIpc) is 2.87. The van der Waals surface area contributed by atoms with E-state index in [4.69, 9.17) is 28.8 Å². The van der Waals surface area contributed by atoms with Gasteiger partial charge in [0.05, 0.1) is 10.7 Å². The van der Waals surface area contributed by atoms with Crippen molar-refractivity contribution in [3.63, 3.8) is 0 Å². The third-order valence-electron chi connectivity index (χ3n) is 5.99. The van der Waals surface area contributed by atoms with Crippen molar-refractivity contribution in [2.45, 2.75) is 20.8 Å². The molecule has 0 amide bonds. The van der Waals surface area contributed by atoms with E-state index in [1.54, 1.807) is 0 Å². The number of halogens is 1. The van der Waals surface area contributed by atoms with Crippen LogP contribution in [0.15, 0.2) is 65.7 Å². The number of thiocarbonyl (C=S) groups is 1. The normalized spacial score (nSPS) is 14.7. The Morgan fingerprint density at radius 1 is 0.973 bits per heavy atom. The van der Waals surface area contributed by atoms with E-state index in [2.05, 4.69) is 66.8 Å². The highest BCUT2D eigenvalue weighted by Gasteiger charge is 2.21. The molecule has 4 rings (SSSR count). The lowest BCUT2D eigenvalue weighted by Crippen LogP contribution is -2.51. The summed E-state index contributed by atoms with van der Waals surface area (Å²) >= 11 is 12.1. The molecular formula is C28H32ClN7S. The molecule has 0 saturated carbocycles. The molecule has 2 aromatic carbocycles. The zero-order chi connectivity index (χ0) is 26.2. The van der Waals surface area contributed by atoms with Crippen LogP contribution in [0.4, 0.5) is 11.6 Å². The van der Waals surface area contributed by atoms with E-state index in [-0.39, 0.29) is 0 Å². The average molecular weight is 534 g/mol. The number of hydrogen-bond acceptors (Lipinski definition) is 4. The van der Waals surface area contributed by atoms with Gasteiger partial charge in [-0.2, -0.15) is 4.99 Å². The van der Waals surface area contributed by atoms with E-state index in [0.717, 1.165) is 55.4 Å². The van der Waals surface area contributed by atoms with E-state index in [1.165, 1.54) is 5.56 Å². The minimum atomic E-state index is 0.313. The van der Waals surface area contributed by atoms with Crippen LogP contribution in [0.25, 0.3) is 6.08 Å². The Hall–Kier alpha value is -3.33. The molecule has 0 spiro atoms. The second-order valence-corrected chi connectivity index (χ2v) is 9.77. The van der Waals surface area contributed by atoms with Crippen LogP contribution in [0.5, 0.6) is 0 Å². The molecule has 1 saturated heterocycles. The maximum absolute atomic E-state index is 6.46. The zero-order valence-corrected chi connectivity index (χ0v) is 23.0. The first-order chi connectivity index (χ1) is 17.9. The highest BCUT2D eigenvalue weighted by Crippen LogP contribution is 2.25. The molecule has 0 aliphatic carbocycles. The Morgan fingerprint density at radius 2 is 1.68 bits per heavy atom. The molecule has 1 aliphatic rings. The maximum Gasteiger partial charge on any atom is 0.229 e. The summed E-state index contributed by atoms with van der Waals surface area (Å²) in [4.78, 5) is 18.4. The Balaban J connectivity index is 1.46. The Bertz CT molecular complexity index is 1260. The summed E-state index contributed by atoms with van der Waals surface area (Å²) in [6.07, 6.45) is 4.38. The number of hydrogen-bond donors (Lipinski definition) is 2. The molecule has 0 radical (unpaired) electrons. The van der Waals surface area contributed by atoms with Crippen LogP contribution in [0.3, 0.4) is 0 Å². The van der Waals surface area contributed by atoms with Crippen LogP contribution < -0.4 is 10.6 Å². The fraction of sp³-hybridized carbons (Fsp3) is 0.286. The predicted molar refractivity (Wildman–Crippen MR) is 158 cm³/mol. The van der Waals surface area contributed by atoms with E-state index in [9.17, 15) is 0 Å².